The summed E-state index contributed by atoms with van der Waals surface area (Å²) in [4.78, 5) is 17.3. The first kappa shape index (κ1) is 22.6. The summed E-state index contributed by atoms with van der Waals surface area (Å²) in [6.07, 6.45) is 1.40. The maximum atomic E-state index is 13.8. The summed E-state index contributed by atoms with van der Waals surface area (Å²) in [5.41, 5.74) is 1.42. The van der Waals surface area contributed by atoms with Crippen molar-refractivity contribution in [3.05, 3.63) is 101 Å². The fourth-order valence-electron chi connectivity index (χ4n) is 3.61. The average molecular weight is 497 g/mol. The van der Waals surface area contributed by atoms with Gasteiger partial charge in [0.05, 0.1) is 30.3 Å². The number of amides is 1. The van der Waals surface area contributed by atoms with Crippen LogP contribution in [0.15, 0.2) is 73.2 Å². The van der Waals surface area contributed by atoms with Crippen molar-refractivity contribution in [1.82, 2.24) is 24.4 Å². The smallest absolute Gasteiger partial charge is 0.280 e. The fourth-order valence-corrected chi connectivity index (χ4v) is 3.82. The highest BCUT2D eigenvalue weighted by Gasteiger charge is 2.22. The number of aromatic nitrogens is 5. The van der Waals surface area contributed by atoms with Gasteiger partial charge < -0.3 is 5.32 Å². The minimum Gasteiger partial charge on any atom is -0.319 e. The molecule has 5 rings (SSSR count). The summed E-state index contributed by atoms with van der Waals surface area (Å²) in [5.74, 6) is -1.06. The summed E-state index contributed by atoms with van der Waals surface area (Å²) >= 11 is 6.01. The Hall–Kier alpha value is -4.18. The van der Waals surface area contributed by atoms with Crippen LogP contribution in [-0.4, -0.2) is 30.3 Å². The third kappa shape index (κ3) is 4.73. The number of carbonyl (C=O) groups excluding carboxylic acids is 1. The number of rotatable bonds is 6. The number of alkyl halides is 2. The molecule has 1 amide bonds. The lowest BCUT2D eigenvalue weighted by Crippen LogP contribution is -2.12. The standard InChI is InChI=1S/C24H16ClF3N6O/c25-16-3-1-2-14(8-16)12-33-13-18(10-29-33)31-24(35)19-11-30-34-21(22(27)28)9-20(32-23(19)34)15-4-6-17(26)7-5-15/h1-11,13,22H,12H2,(H,31,35). The van der Waals surface area contributed by atoms with E-state index >= 15 is 0 Å². The second-order valence-corrected chi connectivity index (χ2v) is 8.11. The van der Waals surface area contributed by atoms with E-state index in [-0.39, 0.29) is 16.9 Å². The Morgan fingerprint density at radius 2 is 1.86 bits per heavy atom. The lowest BCUT2D eigenvalue weighted by Gasteiger charge is -2.08. The van der Waals surface area contributed by atoms with Crippen LogP contribution in [0.2, 0.25) is 5.02 Å². The highest BCUT2D eigenvalue weighted by Crippen LogP contribution is 2.27. The van der Waals surface area contributed by atoms with E-state index in [0.29, 0.717) is 22.8 Å². The monoisotopic (exact) mass is 496 g/mol. The molecule has 0 aliphatic rings. The minimum absolute atomic E-state index is 0.00143. The molecule has 3 aromatic heterocycles. The molecule has 11 heteroatoms. The van der Waals surface area contributed by atoms with Gasteiger partial charge in [-0.05, 0) is 48.0 Å². The Kier molecular flexibility index (Phi) is 5.96. The van der Waals surface area contributed by atoms with Gasteiger partial charge in [-0.15, -0.1) is 0 Å². The molecular weight excluding hydrogens is 481 g/mol. The van der Waals surface area contributed by atoms with Gasteiger partial charge in [0.2, 0.25) is 0 Å². The number of nitrogens with zero attached hydrogens (tertiary/aromatic N) is 5. The summed E-state index contributed by atoms with van der Waals surface area (Å²) in [6.45, 7) is 0.438. The molecule has 0 radical (unpaired) electrons. The second-order valence-electron chi connectivity index (χ2n) is 7.68. The molecule has 2 aromatic carbocycles. The van der Waals surface area contributed by atoms with E-state index in [1.807, 2.05) is 18.2 Å². The molecule has 0 saturated heterocycles. The molecule has 0 aliphatic carbocycles. The number of carbonyl (C=O) groups is 1. The zero-order valence-corrected chi connectivity index (χ0v) is 18.6. The first-order valence-electron chi connectivity index (χ1n) is 10.4. The summed E-state index contributed by atoms with van der Waals surface area (Å²) < 4.78 is 43.4. The van der Waals surface area contributed by atoms with E-state index in [4.69, 9.17) is 11.6 Å². The molecule has 5 aromatic rings. The van der Waals surface area contributed by atoms with Gasteiger partial charge in [-0.3, -0.25) is 9.48 Å². The van der Waals surface area contributed by atoms with Crippen LogP contribution in [0.3, 0.4) is 0 Å². The number of fused-ring (bicyclic) bond motifs is 1. The number of hydrogen-bond donors (Lipinski definition) is 1. The van der Waals surface area contributed by atoms with E-state index in [2.05, 4.69) is 20.5 Å². The Balaban J connectivity index is 1.44. The van der Waals surface area contributed by atoms with Gasteiger partial charge in [0.15, 0.2) is 5.65 Å². The first-order chi connectivity index (χ1) is 16.9. The topological polar surface area (TPSA) is 77.1 Å². The van der Waals surface area contributed by atoms with Crippen molar-refractivity contribution in [1.29, 1.82) is 0 Å². The van der Waals surface area contributed by atoms with E-state index < -0.39 is 23.8 Å². The zero-order chi connectivity index (χ0) is 24.5. The maximum absolute atomic E-state index is 13.8. The van der Waals surface area contributed by atoms with E-state index in [1.54, 1.807) is 16.9 Å². The highest BCUT2D eigenvalue weighted by molar-refractivity contribution is 6.30. The second kappa shape index (κ2) is 9.22. The minimum atomic E-state index is -2.87. The third-order valence-electron chi connectivity index (χ3n) is 5.23. The third-order valence-corrected chi connectivity index (χ3v) is 5.47. The van der Waals surface area contributed by atoms with Crippen LogP contribution >= 0.6 is 11.6 Å². The largest absolute Gasteiger partial charge is 0.319 e. The highest BCUT2D eigenvalue weighted by atomic mass is 35.5. The maximum Gasteiger partial charge on any atom is 0.280 e. The van der Waals surface area contributed by atoms with Crippen LogP contribution in [0.1, 0.15) is 28.0 Å². The molecule has 0 saturated carbocycles. The number of anilines is 1. The van der Waals surface area contributed by atoms with Crippen LogP contribution in [0, 0.1) is 5.82 Å². The van der Waals surface area contributed by atoms with Crippen molar-refractivity contribution in [2.75, 3.05) is 5.32 Å². The van der Waals surface area contributed by atoms with E-state index in [9.17, 15) is 18.0 Å². The molecule has 0 aliphatic heterocycles. The normalized spacial score (nSPS) is 11.3. The van der Waals surface area contributed by atoms with Gasteiger partial charge in [0, 0.05) is 16.8 Å². The Labute approximate surface area is 201 Å². The van der Waals surface area contributed by atoms with Gasteiger partial charge >= 0.3 is 0 Å². The van der Waals surface area contributed by atoms with Gasteiger partial charge in [-0.1, -0.05) is 23.7 Å². The van der Waals surface area contributed by atoms with Crippen LogP contribution in [0.5, 0.6) is 0 Å². The van der Waals surface area contributed by atoms with Crippen molar-refractivity contribution in [3.8, 4) is 11.3 Å². The number of nitrogens with one attached hydrogen (secondary N) is 1. The van der Waals surface area contributed by atoms with Gasteiger partial charge in [0.1, 0.15) is 17.1 Å². The molecule has 0 fully saturated rings. The molecule has 3 heterocycles. The van der Waals surface area contributed by atoms with Gasteiger partial charge in [0.25, 0.3) is 12.3 Å². The quantitative estimate of drug-likeness (QED) is 0.331. The molecular formula is C24H16ClF3N6O. The lowest BCUT2D eigenvalue weighted by molar-refractivity contribution is 0.102. The number of hydrogen-bond acceptors (Lipinski definition) is 4. The Bertz CT molecular complexity index is 1530. The molecule has 1 N–H and O–H groups in total. The molecule has 35 heavy (non-hydrogen) atoms. The number of benzene rings is 2. The number of halogens is 4. The molecule has 176 valence electrons. The van der Waals surface area contributed by atoms with Gasteiger partial charge in [-0.2, -0.15) is 10.2 Å². The summed E-state index contributed by atoms with van der Waals surface area (Å²) in [6, 6.07) is 13.7. The fraction of sp³-hybridized carbons (Fsp3) is 0.0833. The van der Waals surface area contributed by atoms with Crippen molar-refractivity contribution in [2.24, 2.45) is 0 Å². The summed E-state index contributed by atoms with van der Waals surface area (Å²) in [5, 5.41) is 11.5. The molecule has 0 spiro atoms. The molecule has 0 bridgehead atoms. The van der Waals surface area contributed by atoms with Crippen LogP contribution in [0.25, 0.3) is 16.9 Å². The summed E-state index contributed by atoms with van der Waals surface area (Å²) in [7, 11) is 0. The molecule has 0 atom stereocenters. The van der Waals surface area contributed by atoms with E-state index in [1.165, 1.54) is 42.7 Å². The van der Waals surface area contributed by atoms with Crippen molar-refractivity contribution in [3.63, 3.8) is 0 Å². The zero-order valence-electron chi connectivity index (χ0n) is 17.9. The van der Waals surface area contributed by atoms with Crippen LogP contribution < -0.4 is 5.32 Å². The van der Waals surface area contributed by atoms with E-state index in [0.717, 1.165) is 10.1 Å². The van der Waals surface area contributed by atoms with Crippen LogP contribution in [0.4, 0.5) is 18.9 Å². The molecule has 0 unspecified atom stereocenters. The van der Waals surface area contributed by atoms with Crippen LogP contribution in [-0.2, 0) is 6.54 Å². The van der Waals surface area contributed by atoms with Crippen molar-refractivity contribution >= 4 is 28.8 Å². The lowest BCUT2D eigenvalue weighted by atomic mass is 10.1. The Morgan fingerprint density at radius 1 is 1.06 bits per heavy atom. The predicted molar refractivity (Wildman–Crippen MR) is 124 cm³/mol. The van der Waals surface area contributed by atoms with Crippen molar-refractivity contribution in [2.45, 2.75) is 13.0 Å². The SMILES string of the molecule is O=C(Nc1cnn(Cc2cccc(Cl)c2)c1)c1cnn2c(C(F)F)cc(-c3ccc(F)cc3)nc12. The first-order valence-corrected chi connectivity index (χ1v) is 10.8. The molecule has 7 nitrogen and oxygen atoms in total. The Morgan fingerprint density at radius 3 is 2.60 bits per heavy atom. The van der Waals surface area contributed by atoms with Crippen molar-refractivity contribution < 1.29 is 18.0 Å². The van der Waals surface area contributed by atoms with Gasteiger partial charge in [-0.25, -0.2) is 22.7 Å². The average Bonchev–Trinajstić information content (AvgIpc) is 3.45. The predicted octanol–water partition coefficient (Wildman–Crippen LogP) is 5.62.